The Morgan fingerprint density at radius 1 is 1.38 bits per heavy atom. The molecule has 1 saturated carbocycles. The SMILES string of the molecule is CC(=O)Nc1cc2c(cc1[N+](=O)[O-])C1(CCCC1)C(=O)N2. The molecule has 0 atom stereocenters. The van der Waals surface area contributed by atoms with E-state index in [9.17, 15) is 19.7 Å². The van der Waals surface area contributed by atoms with Crippen LogP contribution >= 0.6 is 0 Å². The number of rotatable bonds is 2. The molecule has 110 valence electrons. The van der Waals surface area contributed by atoms with Crippen LogP contribution in [0.2, 0.25) is 0 Å². The molecule has 1 aliphatic carbocycles. The average Bonchev–Trinajstić information content (AvgIpc) is 2.96. The van der Waals surface area contributed by atoms with Crippen molar-refractivity contribution in [3.63, 3.8) is 0 Å². The Morgan fingerprint density at radius 3 is 2.62 bits per heavy atom. The zero-order chi connectivity index (χ0) is 15.2. The van der Waals surface area contributed by atoms with Crippen molar-refractivity contribution in [3.8, 4) is 0 Å². The van der Waals surface area contributed by atoms with Gasteiger partial charge in [0.15, 0.2) is 0 Å². The second-order valence-corrected chi connectivity index (χ2v) is 5.60. The van der Waals surface area contributed by atoms with Crippen molar-refractivity contribution in [1.29, 1.82) is 0 Å². The quantitative estimate of drug-likeness (QED) is 0.644. The molecular formula is C14H15N3O4. The topological polar surface area (TPSA) is 101 Å². The number of carbonyl (C=O) groups is 2. The van der Waals surface area contributed by atoms with Crippen LogP contribution in [0.1, 0.15) is 38.2 Å². The number of nitro groups is 1. The van der Waals surface area contributed by atoms with E-state index in [0.717, 1.165) is 12.8 Å². The van der Waals surface area contributed by atoms with Crippen molar-refractivity contribution in [3.05, 3.63) is 27.8 Å². The first-order chi connectivity index (χ1) is 9.94. The van der Waals surface area contributed by atoms with Crippen LogP contribution in [0.4, 0.5) is 17.1 Å². The average molecular weight is 289 g/mol. The van der Waals surface area contributed by atoms with Gasteiger partial charge in [-0.25, -0.2) is 0 Å². The van der Waals surface area contributed by atoms with Gasteiger partial charge in [0.25, 0.3) is 5.69 Å². The molecule has 1 aromatic carbocycles. The number of hydrogen-bond donors (Lipinski definition) is 2. The van der Waals surface area contributed by atoms with Gasteiger partial charge in [-0.05, 0) is 24.5 Å². The number of fused-ring (bicyclic) bond motifs is 2. The van der Waals surface area contributed by atoms with Crippen molar-refractivity contribution >= 4 is 28.9 Å². The minimum atomic E-state index is -0.630. The fourth-order valence-corrected chi connectivity index (χ4v) is 3.37. The minimum Gasteiger partial charge on any atom is -0.325 e. The smallest absolute Gasteiger partial charge is 0.293 e. The van der Waals surface area contributed by atoms with Gasteiger partial charge in [-0.15, -0.1) is 0 Å². The highest BCUT2D eigenvalue weighted by molar-refractivity contribution is 6.08. The first kappa shape index (κ1) is 13.5. The highest BCUT2D eigenvalue weighted by atomic mass is 16.6. The third kappa shape index (κ3) is 1.96. The molecule has 3 rings (SSSR count). The molecule has 0 unspecified atom stereocenters. The van der Waals surface area contributed by atoms with Gasteiger partial charge in [-0.3, -0.25) is 19.7 Å². The van der Waals surface area contributed by atoms with Crippen LogP contribution < -0.4 is 10.6 Å². The molecule has 7 heteroatoms. The Kier molecular flexibility index (Phi) is 2.93. The number of hydrogen-bond acceptors (Lipinski definition) is 4. The van der Waals surface area contributed by atoms with Gasteiger partial charge < -0.3 is 10.6 Å². The molecule has 1 fully saturated rings. The molecule has 7 nitrogen and oxygen atoms in total. The zero-order valence-corrected chi connectivity index (χ0v) is 11.6. The van der Waals surface area contributed by atoms with E-state index in [1.807, 2.05) is 0 Å². The molecule has 1 aliphatic heterocycles. The van der Waals surface area contributed by atoms with Crippen LogP contribution in [0.15, 0.2) is 12.1 Å². The lowest BCUT2D eigenvalue weighted by Crippen LogP contribution is -2.30. The van der Waals surface area contributed by atoms with Crippen molar-refractivity contribution < 1.29 is 14.5 Å². The summed E-state index contributed by atoms with van der Waals surface area (Å²) >= 11 is 0. The second kappa shape index (κ2) is 4.54. The van der Waals surface area contributed by atoms with Gasteiger partial charge >= 0.3 is 0 Å². The molecular weight excluding hydrogens is 274 g/mol. The summed E-state index contributed by atoms with van der Waals surface area (Å²) in [7, 11) is 0. The Bertz CT molecular complexity index is 662. The summed E-state index contributed by atoms with van der Waals surface area (Å²) < 4.78 is 0. The standard InChI is InChI=1S/C14H15N3O4/c1-8(18)15-11-7-10-9(6-12(11)17(20)21)14(13(19)16-10)4-2-3-5-14/h6-7H,2-5H2,1H3,(H,15,18)(H,16,19). The largest absolute Gasteiger partial charge is 0.325 e. The van der Waals surface area contributed by atoms with E-state index in [1.54, 1.807) is 0 Å². The van der Waals surface area contributed by atoms with Crippen LogP contribution in [0.25, 0.3) is 0 Å². The Morgan fingerprint density at radius 2 is 2.05 bits per heavy atom. The molecule has 2 amide bonds. The summed E-state index contributed by atoms with van der Waals surface area (Å²) in [5.41, 5.74) is 0.560. The molecule has 0 bridgehead atoms. The zero-order valence-electron chi connectivity index (χ0n) is 11.6. The van der Waals surface area contributed by atoms with Crippen LogP contribution in [0.3, 0.4) is 0 Å². The van der Waals surface area contributed by atoms with Gasteiger partial charge in [-0.1, -0.05) is 12.8 Å². The van der Waals surface area contributed by atoms with Gasteiger partial charge in [0.2, 0.25) is 11.8 Å². The fourth-order valence-electron chi connectivity index (χ4n) is 3.37. The summed E-state index contributed by atoms with van der Waals surface area (Å²) in [6.07, 6.45) is 3.30. The maximum atomic E-state index is 12.3. The highest BCUT2D eigenvalue weighted by Crippen LogP contribution is 2.51. The maximum Gasteiger partial charge on any atom is 0.293 e. The van der Waals surface area contributed by atoms with E-state index in [1.165, 1.54) is 19.1 Å². The molecule has 1 heterocycles. The second-order valence-electron chi connectivity index (χ2n) is 5.60. The van der Waals surface area contributed by atoms with Crippen molar-refractivity contribution in [1.82, 2.24) is 0 Å². The predicted molar refractivity (Wildman–Crippen MR) is 76.2 cm³/mol. The van der Waals surface area contributed by atoms with E-state index >= 15 is 0 Å². The summed E-state index contributed by atoms with van der Waals surface area (Å²) in [6.45, 7) is 1.29. The van der Waals surface area contributed by atoms with Crippen molar-refractivity contribution in [2.75, 3.05) is 10.6 Å². The van der Waals surface area contributed by atoms with E-state index in [4.69, 9.17) is 0 Å². The molecule has 0 aromatic heterocycles. The molecule has 2 N–H and O–H groups in total. The van der Waals surface area contributed by atoms with Crippen LogP contribution in [0, 0.1) is 10.1 Å². The van der Waals surface area contributed by atoms with E-state index in [0.29, 0.717) is 24.1 Å². The lowest BCUT2D eigenvalue weighted by Gasteiger charge is -2.20. The maximum absolute atomic E-state index is 12.3. The third-order valence-electron chi connectivity index (χ3n) is 4.30. The van der Waals surface area contributed by atoms with Crippen LogP contribution in [-0.2, 0) is 15.0 Å². The molecule has 21 heavy (non-hydrogen) atoms. The van der Waals surface area contributed by atoms with Crippen LogP contribution in [0.5, 0.6) is 0 Å². The highest BCUT2D eigenvalue weighted by Gasteiger charge is 2.49. The lowest BCUT2D eigenvalue weighted by molar-refractivity contribution is -0.384. The number of carbonyl (C=O) groups excluding carboxylic acids is 2. The number of nitrogens with one attached hydrogen (secondary N) is 2. The van der Waals surface area contributed by atoms with E-state index < -0.39 is 16.2 Å². The molecule has 2 aliphatic rings. The number of benzene rings is 1. The Hall–Kier alpha value is -2.44. The van der Waals surface area contributed by atoms with E-state index in [2.05, 4.69) is 10.6 Å². The summed E-state index contributed by atoms with van der Waals surface area (Å²) in [4.78, 5) is 34.2. The molecule has 1 spiro atoms. The Balaban J connectivity index is 2.15. The van der Waals surface area contributed by atoms with Gasteiger partial charge in [0.1, 0.15) is 5.69 Å². The minimum absolute atomic E-state index is 0.0933. The third-order valence-corrected chi connectivity index (χ3v) is 4.30. The van der Waals surface area contributed by atoms with Crippen molar-refractivity contribution in [2.45, 2.75) is 38.0 Å². The number of anilines is 2. The van der Waals surface area contributed by atoms with Gasteiger partial charge in [0.05, 0.1) is 10.3 Å². The first-order valence-corrected chi connectivity index (χ1v) is 6.86. The monoisotopic (exact) mass is 289 g/mol. The summed E-state index contributed by atoms with van der Waals surface area (Å²) in [5.74, 6) is -0.484. The van der Waals surface area contributed by atoms with E-state index in [-0.39, 0.29) is 17.3 Å². The normalized spacial score (nSPS) is 18.4. The summed E-state index contributed by atoms with van der Waals surface area (Å²) in [5, 5.41) is 16.5. The molecule has 0 saturated heterocycles. The van der Waals surface area contributed by atoms with Gasteiger partial charge in [-0.2, -0.15) is 0 Å². The number of nitro benzene ring substituents is 1. The fraction of sp³-hybridized carbons (Fsp3) is 0.429. The Labute approximate surface area is 120 Å². The van der Waals surface area contributed by atoms with Crippen molar-refractivity contribution in [2.24, 2.45) is 0 Å². The molecule has 0 radical (unpaired) electrons. The van der Waals surface area contributed by atoms with Crippen LogP contribution in [-0.4, -0.2) is 16.7 Å². The number of nitrogens with zero attached hydrogens (tertiary/aromatic N) is 1. The number of amides is 2. The van der Waals surface area contributed by atoms with Gasteiger partial charge in [0, 0.05) is 18.7 Å². The lowest BCUT2D eigenvalue weighted by atomic mass is 9.80. The molecule has 1 aromatic rings. The first-order valence-electron chi connectivity index (χ1n) is 6.86. The summed E-state index contributed by atoms with van der Waals surface area (Å²) in [6, 6.07) is 2.92. The predicted octanol–water partition coefficient (Wildman–Crippen LogP) is 2.32.